The van der Waals surface area contributed by atoms with Crippen molar-refractivity contribution in [2.24, 2.45) is 5.73 Å². The summed E-state index contributed by atoms with van der Waals surface area (Å²) >= 11 is 0. The number of nitrogens with two attached hydrogens (primary N) is 1. The highest BCUT2D eigenvalue weighted by atomic mass is 35.5. The van der Waals surface area contributed by atoms with Crippen molar-refractivity contribution in [1.29, 1.82) is 0 Å². The second-order valence-electron chi connectivity index (χ2n) is 5.00. The summed E-state index contributed by atoms with van der Waals surface area (Å²) in [6.07, 6.45) is 2.47. The van der Waals surface area contributed by atoms with Crippen LogP contribution in [0.15, 0.2) is 18.3 Å². The summed E-state index contributed by atoms with van der Waals surface area (Å²) in [5.41, 5.74) is 6.29. The van der Waals surface area contributed by atoms with Crippen LogP contribution >= 0.6 is 24.8 Å². The van der Waals surface area contributed by atoms with Crippen LogP contribution in [0.2, 0.25) is 0 Å². The maximum atomic E-state index is 12.2. The van der Waals surface area contributed by atoms with Gasteiger partial charge in [0.25, 0.3) is 5.91 Å². The number of halogens is 2. The lowest BCUT2D eigenvalue weighted by molar-refractivity contribution is 0.0951. The van der Waals surface area contributed by atoms with Gasteiger partial charge in [-0.1, -0.05) is 0 Å². The van der Waals surface area contributed by atoms with E-state index in [-0.39, 0.29) is 36.8 Å². The Labute approximate surface area is 143 Å². The summed E-state index contributed by atoms with van der Waals surface area (Å²) in [6, 6.07) is 3.67. The molecule has 0 aliphatic carbocycles. The number of carbonyl (C=O) groups is 1. The van der Waals surface area contributed by atoms with Gasteiger partial charge in [0.05, 0.1) is 18.8 Å². The lowest BCUT2D eigenvalue weighted by Crippen LogP contribution is -2.38. The highest BCUT2D eigenvalue weighted by molar-refractivity contribution is 5.98. The number of rotatable bonds is 5. The van der Waals surface area contributed by atoms with E-state index < -0.39 is 0 Å². The Morgan fingerprint density at radius 2 is 2.14 bits per heavy atom. The molecule has 0 spiro atoms. The largest absolute Gasteiger partial charge is 0.378 e. The smallest absolute Gasteiger partial charge is 0.255 e. The minimum absolute atomic E-state index is 0. The predicted octanol–water partition coefficient (Wildman–Crippen LogP) is 1.23. The number of nitrogens with zero attached hydrogens (tertiary/aromatic N) is 2. The van der Waals surface area contributed by atoms with Crippen LogP contribution in [-0.2, 0) is 4.74 Å². The predicted molar refractivity (Wildman–Crippen MR) is 92.4 cm³/mol. The Kier molecular flexibility index (Phi) is 10.1. The maximum absolute atomic E-state index is 12.2. The maximum Gasteiger partial charge on any atom is 0.255 e. The van der Waals surface area contributed by atoms with Crippen molar-refractivity contribution in [3.63, 3.8) is 0 Å². The molecule has 1 aromatic heterocycles. The summed E-state index contributed by atoms with van der Waals surface area (Å²) in [7, 11) is 0. The number of aromatic nitrogens is 1. The topological polar surface area (TPSA) is 80.5 Å². The lowest BCUT2D eigenvalue weighted by Gasteiger charge is -2.29. The molecule has 1 unspecified atom stereocenters. The number of hydrogen-bond acceptors (Lipinski definition) is 5. The van der Waals surface area contributed by atoms with Gasteiger partial charge in [-0.3, -0.25) is 4.79 Å². The van der Waals surface area contributed by atoms with Crippen LogP contribution in [0.4, 0.5) is 5.82 Å². The molecule has 1 aromatic rings. The van der Waals surface area contributed by atoms with Crippen LogP contribution < -0.4 is 16.0 Å². The minimum Gasteiger partial charge on any atom is -0.378 e. The molecule has 0 aromatic carbocycles. The molecule has 2 rings (SSSR count). The number of hydrogen-bond donors (Lipinski definition) is 2. The molecule has 1 aliphatic heterocycles. The van der Waals surface area contributed by atoms with Gasteiger partial charge in [-0.25, -0.2) is 4.98 Å². The molecule has 1 aliphatic rings. The third-order valence-electron chi connectivity index (χ3n) is 3.23. The fourth-order valence-electron chi connectivity index (χ4n) is 2.11. The highest BCUT2D eigenvalue weighted by Gasteiger charge is 2.19. The van der Waals surface area contributed by atoms with E-state index in [1.165, 1.54) is 0 Å². The number of amides is 1. The first kappa shape index (κ1) is 20.9. The van der Waals surface area contributed by atoms with Gasteiger partial charge in [0.15, 0.2) is 0 Å². The van der Waals surface area contributed by atoms with E-state index in [0.717, 1.165) is 25.3 Å². The average molecular weight is 351 g/mol. The highest BCUT2D eigenvalue weighted by Crippen LogP contribution is 2.18. The van der Waals surface area contributed by atoms with E-state index in [4.69, 9.17) is 10.5 Å². The van der Waals surface area contributed by atoms with Gasteiger partial charge in [-0.2, -0.15) is 0 Å². The zero-order chi connectivity index (χ0) is 14.4. The molecule has 0 bridgehead atoms. The molecule has 8 heteroatoms. The second-order valence-corrected chi connectivity index (χ2v) is 5.00. The number of anilines is 1. The minimum atomic E-state index is -0.0970. The van der Waals surface area contributed by atoms with Crippen molar-refractivity contribution in [1.82, 2.24) is 10.3 Å². The standard InChI is InChI=1S/C14H22N4O2.2ClH/c1-11(15)4-6-17-14(19)12-3-2-5-16-13(12)18-7-9-20-10-8-18;;/h2-3,5,11H,4,6-10,15H2,1H3,(H,17,19);2*1H. The van der Waals surface area contributed by atoms with Crippen molar-refractivity contribution in [2.75, 3.05) is 37.7 Å². The third kappa shape index (κ3) is 5.96. The van der Waals surface area contributed by atoms with Crippen molar-refractivity contribution in [2.45, 2.75) is 19.4 Å². The fourth-order valence-corrected chi connectivity index (χ4v) is 2.11. The lowest BCUT2D eigenvalue weighted by atomic mass is 10.2. The van der Waals surface area contributed by atoms with E-state index in [9.17, 15) is 4.79 Å². The molecule has 126 valence electrons. The van der Waals surface area contributed by atoms with E-state index in [1.807, 2.05) is 6.92 Å². The summed E-state index contributed by atoms with van der Waals surface area (Å²) in [4.78, 5) is 18.7. The zero-order valence-corrected chi connectivity index (χ0v) is 14.3. The molecule has 0 radical (unpaired) electrons. The summed E-state index contributed by atoms with van der Waals surface area (Å²) < 4.78 is 5.33. The van der Waals surface area contributed by atoms with E-state index in [2.05, 4.69) is 15.2 Å². The van der Waals surface area contributed by atoms with Gasteiger partial charge in [0.2, 0.25) is 0 Å². The van der Waals surface area contributed by atoms with Crippen LogP contribution in [0.5, 0.6) is 0 Å². The monoisotopic (exact) mass is 350 g/mol. The summed E-state index contributed by atoms with van der Waals surface area (Å²) in [5, 5.41) is 2.89. The molecule has 2 heterocycles. The van der Waals surface area contributed by atoms with Gasteiger partial charge in [0, 0.05) is 31.9 Å². The van der Waals surface area contributed by atoms with Crippen LogP contribution in [-0.4, -0.2) is 49.8 Å². The molecule has 1 atom stereocenters. The van der Waals surface area contributed by atoms with Crippen molar-refractivity contribution < 1.29 is 9.53 Å². The Hall–Kier alpha value is -1.08. The van der Waals surface area contributed by atoms with E-state index in [0.29, 0.717) is 25.3 Å². The Bertz CT molecular complexity index is 454. The van der Waals surface area contributed by atoms with E-state index in [1.54, 1.807) is 18.3 Å². The van der Waals surface area contributed by atoms with Gasteiger partial charge in [-0.05, 0) is 25.5 Å². The number of carbonyl (C=O) groups excluding carboxylic acids is 1. The number of pyridine rings is 1. The van der Waals surface area contributed by atoms with Crippen molar-refractivity contribution in [3.05, 3.63) is 23.9 Å². The van der Waals surface area contributed by atoms with Gasteiger partial charge < -0.3 is 20.7 Å². The van der Waals surface area contributed by atoms with Crippen LogP contribution in [0.1, 0.15) is 23.7 Å². The van der Waals surface area contributed by atoms with Gasteiger partial charge in [-0.15, -0.1) is 24.8 Å². The first-order valence-electron chi connectivity index (χ1n) is 7.00. The Morgan fingerprint density at radius 1 is 1.45 bits per heavy atom. The first-order chi connectivity index (χ1) is 9.68. The zero-order valence-electron chi connectivity index (χ0n) is 12.7. The molecule has 22 heavy (non-hydrogen) atoms. The molecular weight excluding hydrogens is 327 g/mol. The third-order valence-corrected chi connectivity index (χ3v) is 3.23. The van der Waals surface area contributed by atoms with Gasteiger partial charge in [0.1, 0.15) is 5.82 Å². The molecule has 1 amide bonds. The summed E-state index contributed by atoms with van der Waals surface area (Å²) in [5.74, 6) is 0.634. The molecule has 1 saturated heterocycles. The quantitative estimate of drug-likeness (QED) is 0.834. The number of nitrogens with one attached hydrogen (secondary N) is 1. The SMILES string of the molecule is CC(N)CCNC(=O)c1cccnc1N1CCOCC1.Cl.Cl. The van der Waals surface area contributed by atoms with Crippen LogP contribution in [0.3, 0.4) is 0 Å². The second kappa shape index (κ2) is 10.6. The van der Waals surface area contributed by atoms with Gasteiger partial charge >= 0.3 is 0 Å². The Balaban J connectivity index is 0.00000220. The molecular formula is C14H24Cl2N4O2. The fraction of sp³-hybridized carbons (Fsp3) is 0.571. The number of morpholine rings is 1. The van der Waals surface area contributed by atoms with Crippen molar-refractivity contribution in [3.8, 4) is 0 Å². The first-order valence-corrected chi connectivity index (χ1v) is 7.00. The molecule has 1 fully saturated rings. The molecule has 0 saturated carbocycles. The summed E-state index contributed by atoms with van der Waals surface area (Å²) in [6.45, 7) is 5.36. The Morgan fingerprint density at radius 3 is 2.77 bits per heavy atom. The van der Waals surface area contributed by atoms with Crippen molar-refractivity contribution >= 4 is 36.5 Å². The molecule has 6 nitrogen and oxygen atoms in total. The number of ether oxygens (including phenoxy) is 1. The van der Waals surface area contributed by atoms with Crippen LogP contribution in [0, 0.1) is 0 Å². The van der Waals surface area contributed by atoms with E-state index >= 15 is 0 Å². The van der Waals surface area contributed by atoms with Crippen LogP contribution in [0.25, 0.3) is 0 Å². The normalized spacial score (nSPS) is 15.3. The molecule has 3 N–H and O–H groups in total. The average Bonchev–Trinajstić information content (AvgIpc) is 2.47.